The van der Waals surface area contributed by atoms with Crippen LogP contribution in [0.4, 0.5) is 0 Å². The molecule has 0 spiro atoms. The van der Waals surface area contributed by atoms with Crippen LogP contribution >= 0.6 is 0 Å². The van der Waals surface area contributed by atoms with Crippen molar-refractivity contribution in [1.82, 2.24) is 0 Å². The van der Waals surface area contributed by atoms with Crippen molar-refractivity contribution in [3.63, 3.8) is 0 Å². The van der Waals surface area contributed by atoms with Crippen LogP contribution in [0.2, 0.25) is 0 Å². The van der Waals surface area contributed by atoms with Crippen molar-refractivity contribution in [2.75, 3.05) is 13.2 Å². The summed E-state index contributed by atoms with van der Waals surface area (Å²) in [4.78, 5) is 24.1. The Balaban J connectivity index is 3.74. The zero-order valence-electron chi connectivity index (χ0n) is 28.8. The molecule has 256 valence electrons. The first-order valence-corrected chi connectivity index (χ1v) is 18.0. The molecule has 45 heavy (non-hydrogen) atoms. The number of unbranched alkanes of at least 4 members (excludes halogenated alkanes) is 11. The molecule has 0 radical (unpaired) electrons. The number of esters is 2. The fourth-order valence-electron chi connectivity index (χ4n) is 4.44. The van der Waals surface area contributed by atoms with E-state index in [0.29, 0.717) is 12.8 Å². The van der Waals surface area contributed by atoms with Crippen LogP contribution in [-0.2, 0) is 19.1 Å². The molecule has 0 aromatic rings. The van der Waals surface area contributed by atoms with Crippen molar-refractivity contribution in [2.24, 2.45) is 0 Å². The summed E-state index contributed by atoms with van der Waals surface area (Å²) in [5.74, 6) is -0.681. The summed E-state index contributed by atoms with van der Waals surface area (Å²) in [5.41, 5.74) is 0. The lowest BCUT2D eigenvalue weighted by atomic mass is 10.1. The van der Waals surface area contributed by atoms with E-state index in [1.54, 1.807) is 0 Å². The Bertz CT molecular complexity index is 849. The van der Waals surface area contributed by atoms with E-state index in [1.807, 2.05) is 0 Å². The van der Waals surface area contributed by atoms with Gasteiger partial charge in [-0.15, -0.1) is 0 Å². The summed E-state index contributed by atoms with van der Waals surface area (Å²) in [6, 6.07) is 0. The molecular formula is C40H66O5. The zero-order chi connectivity index (χ0) is 32.9. The smallest absolute Gasteiger partial charge is 0.306 e. The Morgan fingerprint density at radius 2 is 0.933 bits per heavy atom. The van der Waals surface area contributed by atoms with Gasteiger partial charge in [0.05, 0.1) is 6.61 Å². The average Bonchev–Trinajstić information content (AvgIpc) is 3.04. The summed E-state index contributed by atoms with van der Waals surface area (Å²) in [6.45, 7) is 3.98. The lowest BCUT2D eigenvalue weighted by Crippen LogP contribution is -2.28. The second kappa shape index (κ2) is 35.8. The van der Waals surface area contributed by atoms with Crippen LogP contribution in [-0.4, -0.2) is 36.4 Å². The Kier molecular flexibility index (Phi) is 33.7. The molecule has 5 heteroatoms. The molecule has 0 fully saturated rings. The molecule has 0 amide bonds. The van der Waals surface area contributed by atoms with Gasteiger partial charge in [-0.3, -0.25) is 9.59 Å². The molecule has 0 aromatic heterocycles. The van der Waals surface area contributed by atoms with Gasteiger partial charge in [0, 0.05) is 12.8 Å². The number of carbonyl (C=O) groups excluding carboxylic acids is 2. The van der Waals surface area contributed by atoms with Crippen LogP contribution in [0.5, 0.6) is 0 Å². The maximum Gasteiger partial charge on any atom is 0.306 e. The molecule has 1 atom stereocenters. The molecule has 0 saturated heterocycles. The first kappa shape index (κ1) is 42.3. The third-order valence-electron chi connectivity index (χ3n) is 7.22. The molecular weight excluding hydrogens is 560 g/mol. The van der Waals surface area contributed by atoms with E-state index in [0.717, 1.165) is 64.2 Å². The predicted octanol–water partition coefficient (Wildman–Crippen LogP) is 11.0. The highest BCUT2D eigenvalue weighted by atomic mass is 16.6. The van der Waals surface area contributed by atoms with Crippen LogP contribution in [0.1, 0.15) is 149 Å². The van der Waals surface area contributed by atoms with E-state index < -0.39 is 6.10 Å². The average molecular weight is 627 g/mol. The number of hydrogen-bond acceptors (Lipinski definition) is 5. The third-order valence-corrected chi connectivity index (χ3v) is 7.22. The molecule has 0 bridgehead atoms. The van der Waals surface area contributed by atoms with Gasteiger partial charge in [0.25, 0.3) is 0 Å². The Morgan fingerprint density at radius 3 is 1.47 bits per heavy atom. The van der Waals surface area contributed by atoms with Crippen molar-refractivity contribution in [1.29, 1.82) is 0 Å². The van der Waals surface area contributed by atoms with Gasteiger partial charge in [-0.05, 0) is 77.0 Å². The van der Waals surface area contributed by atoms with Crippen molar-refractivity contribution in [2.45, 2.75) is 155 Å². The number of hydrogen-bond donors (Lipinski definition) is 1. The molecule has 0 aliphatic carbocycles. The van der Waals surface area contributed by atoms with Gasteiger partial charge in [-0.1, -0.05) is 132 Å². The second-order valence-electron chi connectivity index (χ2n) is 11.6. The molecule has 1 N–H and O–H groups in total. The first-order chi connectivity index (χ1) is 22.1. The summed E-state index contributed by atoms with van der Waals surface area (Å²) in [6.07, 6.45) is 46.7. The normalized spacial score (nSPS) is 13.0. The lowest BCUT2D eigenvalue weighted by Gasteiger charge is -2.15. The molecule has 0 saturated carbocycles. The highest BCUT2D eigenvalue weighted by Gasteiger charge is 2.15. The largest absolute Gasteiger partial charge is 0.462 e. The predicted molar refractivity (Wildman–Crippen MR) is 191 cm³/mol. The maximum absolute atomic E-state index is 12.1. The molecule has 0 unspecified atom stereocenters. The van der Waals surface area contributed by atoms with Crippen LogP contribution in [0.25, 0.3) is 0 Å². The van der Waals surface area contributed by atoms with E-state index >= 15 is 0 Å². The Hall–Kier alpha value is -2.66. The quantitative estimate of drug-likeness (QED) is 0.0471. The van der Waals surface area contributed by atoms with E-state index in [1.165, 1.54) is 51.4 Å². The minimum absolute atomic E-state index is 0.0988. The fraction of sp³-hybridized carbons (Fsp3) is 0.650. The standard InChI is InChI=1S/C40H66O5/c1-3-5-7-9-11-13-15-17-19-20-21-23-25-27-29-31-33-35-40(43)45-38(36-41)37-44-39(42)34-32-30-28-26-24-22-18-16-14-12-10-8-6-4-2/h10-13,16-19,21,23,27,29,38,41H,3-9,14-15,20,22,24-26,28,30-37H2,1-2H3/b12-10-,13-11-,18-16-,19-17-,23-21-,29-27-/t38-/m0/s1. The minimum Gasteiger partial charge on any atom is -0.462 e. The number of aliphatic hydroxyl groups excluding tert-OH is 1. The number of rotatable bonds is 31. The Labute approximate surface area is 276 Å². The lowest BCUT2D eigenvalue weighted by molar-refractivity contribution is -0.161. The van der Waals surface area contributed by atoms with E-state index in [9.17, 15) is 14.7 Å². The highest BCUT2D eigenvalue weighted by Crippen LogP contribution is 2.10. The van der Waals surface area contributed by atoms with Crippen molar-refractivity contribution in [3.8, 4) is 0 Å². The fourth-order valence-corrected chi connectivity index (χ4v) is 4.44. The molecule has 0 aliphatic rings. The van der Waals surface area contributed by atoms with E-state index in [4.69, 9.17) is 9.47 Å². The summed E-state index contributed by atoms with van der Waals surface area (Å²) in [5, 5.41) is 9.52. The van der Waals surface area contributed by atoms with E-state index in [2.05, 4.69) is 86.8 Å². The first-order valence-electron chi connectivity index (χ1n) is 18.0. The minimum atomic E-state index is -0.808. The topological polar surface area (TPSA) is 72.8 Å². The van der Waals surface area contributed by atoms with Gasteiger partial charge < -0.3 is 14.6 Å². The molecule has 0 rings (SSSR count). The van der Waals surface area contributed by atoms with Gasteiger partial charge >= 0.3 is 11.9 Å². The summed E-state index contributed by atoms with van der Waals surface area (Å²) >= 11 is 0. The van der Waals surface area contributed by atoms with Crippen LogP contribution in [0.3, 0.4) is 0 Å². The number of aliphatic hydroxyl groups is 1. The zero-order valence-corrected chi connectivity index (χ0v) is 28.8. The molecule has 0 aromatic carbocycles. The highest BCUT2D eigenvalue weighted by molar-refractivity contribution is 5.70. The van der Waals surface area contributed by atoms with Gasteiger partial charge in [0.1, 0.15) is 6.61 Å². The third kappa shape index (κ3) is 34.1. The van der Waals surface area contributed by atoms with Crippen molar-refractivity contribution >= 4 is 11.9 Å². The summed E-state index contributed by atoms with van der Waals surface area (Å²) < 4.78 is 10.5. The van der Waals surface area contributed by atoms with Crippen LogP contribution in [0.15, 0.2) is 72.9 Å². The summed E-state index contributed by atoms with van der Waals surface area (Å²) in [7, 11) is 0. The number of ether oxygens (including phenoxy) is 2. The Morgan fingerprint density at radius 1 is 0.511 bits per heavy atom. The monoisotopic (exact) mass is 626 g/mol. The molecule has 0 aliphatic heterocycles. The SMILES string of the molecule is CCCC/C=C\C/C=C\CCCCCCCC(=O)OC[C@H](CO)OC(=O)CCC/C=C\C/C=C\C/C=C\C/C=C\CCCCC. The van der Waals surface area contributed by atoms with Gasteiger partial charge in [0.2, 0.25) is 0 Å². The van der Waals surface area contributed by atoms with Crippen molar-refractivity contribution < 1.29 is 24.2 Å². The van der Waals surface area contributed by atoms with Gasteiger partial charge in [0.15, 0.2) is 6.10 Å². The van der Waals surface area contributed by atoms with Crippen molar-refractivity contribution in [3.05, 3.63) is 72.9 Å². The second-order valence-corrected chi connectivity index (χ2v) is 11.6. The number of allylic oxidation sites excluding steroid dienone is 12. The van der Waals surface area contributed by atoms with Gasteiger partial charge in [-0.25, -0.2) is 0 Å². The number of carbonyl (C=O) groups is 2. The maximum atomic E-state index is 12.1. The molecule has 0 heterocycles. The van der Waals surface area contributed by atoms with Crippen LogP contribution < -0.4 is 0 Å². The van der Waals surface area contributed by atoms with E-state index in [-0.39, 0.29) is 31.6 Å². The van der Waals surface area contributed by atoms with Gasteiger partial charge in [-0.2, -0.15) is 0 Å². The molecule has 5 nitrogen and oxygen atoms in total. The van der Waals surface area contributed by atoms with Crippen LogP contribution in [0, 0.1) is 0 Å².